The van der Waals surface area contributed by atoms with Gasteiger partial charge in [-0.2, -0.15) is 0 Å². The van der Waals surface area contributed by atoms with Crippen LogP contribution < -0.4 is 4.74 Å². The number of aromatic nitrogens is 3. The van der Waals surface area contributed by atoms with Gasteiger partial charge in [0, 0.05) is 18.9 Å². The Hall–Kier alpha value is -3.15. The fourth-order valence-electron chi connectivity index (χ4n) is 3.77. The fourth-order valence-corrected chi connectivity index (χ4v) is 3.77. The molecule has 1 aliphatic heterocycles. The second kappa shape index (κ2) is 7.84. The van der Waals surface area contributed by atoms with E-state index in [1.807, 2.05) is 65.1 Å². The van der Waals surface area contributed by atoms with Crippen molar-refractivity contribution in [3.8, 4) is 11.6 Å². The molecule has 0 saturated carbocycles. The van der Waals surface area contributed by atoms with Gasteiger partial charge in [0.15, 0.2) is 0 Å². The van der Waals surface area contributed by atoms with Gasteiger partial charge < -0.3 is 9.64 Å². The van der Waals surface area contributed by atoms with E-state index in [1.54, 1.807) is 13.3 Å². The third kappa shape index (κ3) is 3.63. The third-order valence-corrected chi connectivity index (χ3v) is 5.26. The molecule has 1 fully saturated rings. The molecule has 0 radical (unpaired) electrons. The number of carbonyl (C=O) groups excluding carboxylic acids is 1. The molecule has 0 spiro atoms. The number of imidazole rings is 1. The van der Waals surface area contributed by atoms with Crippen molar-refractivity contribution in [2.24, 2.45) is 0 Å². The summed E-state index contributed by atoms with van der Waals surface area (Å²) in [5.41, 5.74) is 1.93. The number of rotatable bonds is 5. The van der Waals surface area contributed by atoms with Gasteiger partial charge in [0.25, 0.3) is 0 Å². The lowest BCUT2D eigenvalue weighted by molar-refractivity contribution is -0.131. The fraction of sp³-hybridized carbons (Fsp3) is 0.318. The van der Waals surface area contributed by atoms with Gasteiger partial charge >= 0.3 is 0 Å². The van der Waals surface area contributed by atoms with Crippen LogP contribution in [0.3, 0.4) is 0 Å². The molecule has 28 heavy (non-hydrogen) atoms. The molecular formula is C22H24N4O2. The lowest BCUT2D eigenvalue weighted by atomic mass is 10.1. The number of nitrogens with zero attached hydrogens (tertiary/aromatic N) is 4. The Labute approximate surface area is 164 Å². The molecule has 0 aliphatic carbocycles. The first-order valence-corrected chi connectivity index (χ1v) is 9.55. The molecule has 0 bridgehead atoms. The molecule has 3 aromatic rings. The Bertz CT molecular complexity index is 965. The van der Waals surface area contributed by atoms with E-state index >= 15 is 0 Å². The van der Waals surface area contributed by atoms with Crippen LogP contribution in [-0.4, -0.2) is 39.0 Å². The Morgan fingerprint density at radius 1 is 1.21 bits per heavy atom. The maximum atomic E-state index is 13.0. The number of pyridine rings is 1. The number of aryl methyl sites for hydroxylation is 1. The van der Waals surface area contributed by atoms with Crippen molar-refractivity contribution in [3.05, 3.63) is 71.9 Å². The number of hydrogen-bond acceptors (Lipinski definition) is 4. The van der Waals surface area contributed by atoms with Crippen molar-refractivity contribution in [1.82, 2.24) is 19.4 Å². The number of likely N-dealkylation sites (tertiary alicyclic amines) is 1. The molecule has 6 nitrogen and oxygen atoms in total. The second-order valence-corrected chi connectivity index (χ2v) is 7.04. The maximum absolute atomic E-state index is 13.0. The summed E-state index contributed by atoms with van der Waals surface area (Å²) in [7, 11) is 1.64. The van der Waals surface area contributed by atoms with Crippen molar-refractivity contribution >= 4 is 5.91 Å². The van der Waals surface area contributed by atoms with Gasteiger partial charge in [0.2, 0.25) is 5.91 Å². The average molecular weight is 376 g/mol. The van der Waals surface area contributed by atoms with Crippen LogP contribution in [0.15, 0.2) is 54.9 Å². The van der Waals surface area contributed by atoms with E-state index in [9.17, 15) is 4.79 Å². The van der Waals surface area contributed by atoms with Gasteiger partial charge in [-0.05, 0) is 49.6 Å². The topological polar surface area (TPSA) is 60.2 Å². The van der Waals surface area contributed by atoms with E-state index in [-0.39, 0.29) is 11.9 Å². The quantitative estimate of drug-likeness (QED) is 0.684. The Kier molecular flexibility index (Phi) is 5.10. The van der Waals surface area contributed by atoms with Crippen molar-refractivity contribution in [2.45, 2.75) is 32.2 Å². The van der Waals surface area contributed by atoms with Crippen LogP contribution in [0.5, 0.6) is 5.75 Å². The lowest BCUT2D eigenvalue weighted by Crippen LogP contribution is -2.32. The van der Waals surface area contributed by atoms with E-state index in [2.05, 4.69) is 4.98 Å². The SMILES string of the molecule is COc1ccc(CC(=O)N2CCCC2c2cccc(-n3ccnc3C)n2)cc1. The molecule has 1 aliphatic rings. The number of methoxy groups -OCH3 is 1. The van der Waals surface area contributed by atoms with Crippen LogP contribution in [0, 0.1) is 6.92 Å². The summed E-state index contributed by atoms with van der Waals surface area (Å²) < 4.78 is 7.15. The highest BCUT2D eigenvalue weighted by Gasteiger charge is 2.31. The third-order valence-electron chi connectivity index (χ3n) is 5.26. The maximum Gasteiger partial charge on any atom is 0.227 e. The van der Waals surface area contributed by atoms with Gasteiger partial charge in [-0.1, -0.05) is 18.2 Å². The molecule has 2 aromatic heterocycles. The minimum atomic E-state index is 0.0227. The van der Waals surface area contributed by atoms with E-state index < -0.39 is 0 Å². The molecule has 1 saturated heterocycles. The molecule has 1 amide bonds. The first kappa shape index (κ1) is 18.2. The highest BCUT2D eigenvalue weighted by molar-refractivity contribution is 5.79. The predicted octanol–water partition coefficient (Wildman–Crippen LogP) is 3.49. The van der Waals surface area contributed by atoms with Gasteiger partial charge in [-0.3, -0.25) is 9.36 Å². The molecule has 1 unspecified atom stereocenters. The Balaban J connectivity index is 1.53. The van der Waals surface area contributed by atoms with Crippen molar-refractivity contribution in [3.63, 3.8) is 0 Å². The van der Waals surface area contributed by atoms with Crippen LogP contribution in [0.25, 0.3) is 5.82 Å². The van der Waals surface area contributed by atoms with Crippen molar-refractivity contribution in [2.75, 3.05) is 13.7 Å². The van der Waals surface area contributed by atoms with Gasteiger partial charge in [-0.25, -0.2) is 9.97 Å². The normalized spacial score (nSPS) is 16.4. The summed E-state index contributed by atoms with van der Waals surface area (Å²) in [6, 6.07) is 13.7. The highest BCUT2D eigenvalue weighted by Crippen LogP contribution is 2.32. The Morgan fingerprint density at radius 3 is 2.75 bits per heavy atom. The molecule has 4 rings (SSSR count). The second-order valence-electron chi connectivity index (χ2n) is 7.04. The summed E-state index contributed by atoms with van der Waals surface area (Å²) in [4.78, 5) is 24.0. The predicted molar refractivity (Wildman–Crippen MR) is 106 cm³/mol. The summed E-state index contributed by atoms with van der Waals surface area (Å²) >= 11 is 0. The zero-order chi connectivity index (χ0) is 19.5. The van der Waals surface area contributed by atoms with E-state index in [4.69, 9.17) is 9.72 Å². The first-order chi connectivity index (χ1) is 13.7. The van der Waals surface area contributed by atoms with Gasteiger partial charge in [0.05, 0.1) is 25.3 Å². The van der Waals surface area contributed by atoms with Crippen LogP contribution in [0.1, 0.15) is 36.0 Å². The van der Waals surface area contributed by atoms with Crippen LogP contribution in [0.4, 0.5) is 0 Å². The number of ether oxygens (including phenoxy) is 1. The van der Waals surface area contributed by atoms with Crippen LogP contribution in [0.2, 0.25) is 0 Å². The molecular weight excluding hydrogens is 352 g/mol. The zero-order valence-corrected chi connectivity index (χ0v) is 16.2. The summed E-state index contributed by atoms with van der Waals surface area (Å²) in [5, 5.41) is 0. The number of benzene rings is 1. The minimum absolute atomic E-state index is 0.0227. The molecule has 144 valence electrons. The molecule has 0 N–H and O–H groups in total. The van der Waals surface area contributed by atoms with Crippen LogP contribution >= 0.6 is 0 Å². The largest absolute Gasteiger partial charge is 0.497 e. The first-order valence-electron chi connectivity index (χ1n) is 9.55. The number of carbonyl (C=O) groups is 1. The zero-order valence-electron chi connectivity index (χ0n) is 16.2. The van der Waals surface area contributed by atoms with Gasteiger partial charge in [-0.15, -0.1) is 0 Å². The summed E-state index contributed by atoms with van der Waals surface area (Å²) in [5.74, 6) is 2.66. The average Bonchev–Trinajstić information content (AvgIpc) is 3.38. The monoisotopic (exact) mass is 376 g/mol. The molecule has 1 aromatic carbocycles. The molecule has 3 heterocycles. The number of hydrogen-bond donors (Lipinski definition) is 0. The van der Waals surface area contributed by atoms with E-state index in [1.165, 1.54) is 0 Å². The van der Waals surface area contributed by atoms with Crippen LogP contribution in [-0.2, 0) is 11.2 Å². The van der Waals surface area contributed by atoms with Crippen molar-refractivity contribution in [1.29, 1.82) is 0 Å². The highest BCUT2D eigenvalue weighted by atomic mass is 16.5. The lowest BCUT2D eigenvalue weighted by Gasteiger charge is -2.25. The molecule has 1 atom stereocenters. The Morgan fingerprint density at radius 2 is 2.04 bits per heavy atom. The number of amides is 1. The summed E-state index contributed by atoms with van der Waals surface area (Å²) in [6.45, 7) is 2.73. The standard InChI is InChI=1S/C22H24N4O2/c1-16-23-12-14-25(16)21-7-3-5-19(24-21)20-6-4-13-26(20)22(27)15-17-8-10-18(28-2)11-9-17/h3,5,7-12,14,20H,4,6,13,15H2,1-2H3. The van der Waals surface area contributed by atoms with Crippen molar-refractivity contribution < 1.29 is 9.53 Å². The molecule has 6 heteroatoms. The van der Waals surface area contributed by atoms with E-state index in [0.29, 0.717) is 6.42 Å². The minimum Gasteiger partial charge on any atom is -0.497 e. The van der Waals surface area contributed by atoms with E-state index in [0.717, 1.165) is 48.0 Å². The van der Waals surface area contributed by atoms with Gasteiger partial charge in [0.1, 0.15) is 17.4 Å². The summed E-state index contributed by atoms with van der Waals surface area (Å²) in [6.07, 6.45) is 6.00. The smallest absolute Gasteiger partial charge is 0.227 e.